The van der Waals surface area contributed by atoms with E-state index in [1.54, 1.807) is 11.8 Å². The largest absolute Gasteiger partial charge is 0.507 e. The van der Waals surface area contributed by atoms with Gasteiger partial charge in [-0.1, -0.05) is 37.6 Å². The minimum atomic E-state index is -0.145. The third-order valence-electron chi connectivity index (χ3n) is 5.95. The Morgan fingerprint density at radius 3 is 2.47 bits per heavy atom. The van der Waals surface area contributed by atoms with Crippen LogP contribution in [-0.4, -0.2) is 34.4 Å². The Kier molecular flexibility index (Phi) is 8.13. The van der Waals surface area contributed by atoms with Crippen molar-refractivity contribution in [1.82, 2.24) is 0 Å². The lowest BCUT2D eigenvalue weighted by Gasteiger charge is -2.38. The molecule has 166 valence electrons. The number of phenolic OH excluding ortho intramolecular Hbond substituents is 2. The molecule has 2 aliphatic rings. The Labute approximate surface area is 180 Å². The second-order valence-corrected chi connectivity index (χ2v) is 8.75. The summed E-state index contributed by atoms with van der Waals surface area (Å²) in [5.41, 5.74) is 4.64. The summed E-state index contributed by atoms with van der Waals surface area (Å²) in [6.45, 7) is 14.7. The number of carbonyl (C=O) groups excluding carboxylic acids is 1. The highest BCUT2D eigenvalue weighted by Crippen LogP contribution is 2.51. The Balaban J connectivity index is 0.00000101. The predicted molar refractivity (Wildman–Crippen MR) is 122 cm³/mol. The molecule has 1 aliphatic heterocycles. The molecule has 2 unspecified atom stereocenters. The number of aromatic hydroxyl groups is 2. The summed E-state index contributed by atoms with van der Waals surface area (Å²) in [6, 6.07) is 1.45. The summed E-state index contributed by atoms with van der Waals surface area (Å²) in [6.07, 6.45) is 5.73. The number of fused-ring (bicyclic) bond motifs is 1. The Bertz CT molecular complexity index is 825. The maximum atomic E-state index is 12.9. The first-order chi connectivity index (χ1) is 14.1. The van der Waals surface area contributed by atoms with Gasteiger partial charge < -0.3 is 20.2 Å². The van der Waals surface area contributed by atoms with Gasteiger partial charge in [0.1, 0.15) is 11.5 Å². The van der Waals surface area contributed by atoms with Crippen molar-refractivity contribution in [3.05, 3.63) is 41.0 Å². The summed E-state index contributed by atoms with van der Waals surface area (Å²) < 4.78 is 0. The van der Waals surface area contributed by atoms with Crippen LogP contribution in [-0.2, 0) is 11.2 Å². The molecule has 3 N–H and O–H groups in total. The second-order valence-electron chi connectivity index (χ2n) is 8.75. The van der Waals surface area contributed by atoms with Crippen LogP contribution in [0.3, 0.4) is 0 Å². The zero-order valence-corrected chi connectivity index (χ0v) is 19.0. The van der Waals surface area contributed by atoms with Crippen molar-refractivity contribution < 1.29 is 20.1 Å². The molecule has 1 aliphatic carbocycles. The van der Waals surface area contributed by atoms with Crippen LogP contribution in [0.25, 0.3) is 0 Å². The van der Waals surface area contributed by atoms with Gasteiger partial charge in [0.2, 0.25) is 5.91 Å². The van der Waals surface area contributed by atoms with Crippen LogP contribution in [0.4, 0.5) is 5.69 Å². The van der Waals surface area contributed by atoms with Crippen molar-refractivity contribution in [3.63, 3.8) is 0 Å². The lowest BCUT2D eigenvalue weighted by molar-refractivity contribution is -0.121. The van der Waals surface area contributed by atoms with Crippen LogP contribution in [0.2, 0.25) is 0 Å². The smallest absolute Gasteiger partial charge is 0.229 e. The minimum absolute atomic E-state index is 0.0329. The number of hydrogen-bond donors (Lipinski definition) is 3. The average Bonchev–Trinajstić information content (AvgIpc) is 2.67. The van der Waals surface area contributed by atoms with Crippen LogP contribution < -0.4 is 4.90 Å². The van der Waals surface area contributed by atoms with Crippen molar-refractivity contribution in [2.24, 2.45) is 11.8 Å². The van der Waals surface area contributed by atoms with Crippen LogP contribution in [0.1, 0.15) is 70.9 Å². The zero-order chi connectivity index (χ0) is 22.6. The van der Waals surface area contributed by atoms with Gasteiger partial charge in [-0.05, 0) is 52.4 Å². The quantitative estimate of drug-likeness (QED) is 0.604. The van der Waals surface area contributed by atoms with Crippen LogP contribution in [0.15, 0.2) is 29.9 Å². The molecule has 0 saturated heterocycles. The van der Waals surface area contributed by atoms with E-state index in [4.69, 9.17) is 5.11 Å². The van der Waals surface area contributed by atoms with Gasteiger partial charge in [-0.15, -0.1) is 0 Å². The van der Waals surface area contributed by atoms with E-state index in [0.717, 1.165) is 41.6 Å². The van der Waals surface area contributed by atoms with Gasteiger partial charge in [-0.3, -0.25) is 4.79 Å². The molecule has 1 aromatic rings. The van der Waals surface area contributed by atoms with E-state index in [1.165, 1.54) is 11.6 Å². The normalized spacial score (nSPS) is 20.8. The van der Waals surface area contributed by atoms with E-state index in [0.29, 0.717) is 13.0 Å². The SMILES string of the molecule is C=C(C)C1CCC(C)=CC1c1c(O)cc(O)c2c1N(C(=O)C(C)C)CCC2.CCO. The molecule has 1 heterocycles. The van der Waals surface area contributed by atoms with Gasteiger partial charge in [0.15, 0.2) is 0 Å². The predicted octanol–water partition coefficient (Wildman–Crippen LogP) is 5.05. The second kappa shape index (κ2) is 10.2. The first kappa shape index (κ1) is 24.0. The third-order valence-corrected chi connectivity index (χ3v) is 5.95. The molecule has 0 aromatic heterocycles. The number of hydrogen-bond acceptors (Lipinski definition) is 4. The van der Waals surface area contributed by atoms with Crippen LogP contribution >= 0.6 is 0 Å². The number of allylic oxidation sites excluding steroid dienone is 3. The summed E-state index contributed by atoms with van der Waals surface area (Å²) in [4.78, 5) is 14.7. The Morgan fingerprint density at radius 2 is 1.90 bits per heavy atom. The summed E-state index contributed by atoms with van der Waals surface area (Å²) in [5.74, 6) is 0.213. The molecule has 5 heteroatoms. The molecule has 1 aromatic carbocycles. The zero-order valence-electron chi connectivity index (χ0n) is 19.0. The highest BCUT2D eigenvalue weighted by molar-refractivity contribution is 5.98. The van der Waals surface area contributed by atoms with Crippen molar-refractivity contribution >= 4 is 11.6 Å². The van der Waals surface area contributed by atoms with Gasteiger partial charge in [0, 0.05) is 42.2 Å². The highest BCUT2D eigenvalue weighted by Gasteiger charge is 2.36. The van der Waals surface area contributed by atoms with Gasteiger partial charge in [-0.2, -0.15) is 0 Å². The number of nitrogens with zero attached hydrogens (tertiary/aromatic N) is 1. The number of anilines is 1. The summed E-state index contributed by atoms with van der Waals surface area (Å²) in [7, 11) is 0. The van der Waals surface area contributed by atoms with Crippen molar-refractivity contribution in [1.29, 1.82) is 0 Å². The fourth-order valence-electron chi connectivity index (χ4n) is 4.55. The van der Waals surface area contributed by atoms with E-state index >= 15 is 0 Å². The number of aliphatic hydroxyl groups excluding tert-OH is 1. The Morgan fingerprint density at radius 1 is 1.27 bits per heavy atom. The molecule has 1 amide bonds. The molecule has 0 saturated carbocycles. The number of carbonyl (C=O) groups is 1. The first-order valence-corrected chi connectivity index (χ1v) is 11.0. The number of rotatable bonds is 3. The molecular formula is C25H37NO4. The van der Waals surface area contributed by atoms with E-state index in [-0.39, 0.29) is 41.8 Å². The number of phenols is 2. The first-order valence-electron chi connectivity index (χ1n) is 11.0. The molecule has 0 fully saturated rings. The molecule has 0 spiro atoms. The molecule has 0 radical (unpaired) electrons. The van der Waals surface area contributed by atoms with Gasteiger partial charge >= 0.3 is 0 Å². The fourth-order valence-corrected chi connectivity index (χ4v) is 4.55. The monoisotopic (exact) mass is 415 g/mol. The lowest BCUT2D eigenvalue weighted by Crippen LogP contribution is -2.39. The van der Waals surface area contributed by atoms with Gasteiger partial charge in [0.05, 0.1) is 5.69 Å². The van der Waals surface area contributed by atoms with E-state index in [1.807, 2.05) is 20.8 Å². The highest BCUT2D eigenvalue weighted by atomic mass is 16.3. The number of aliphatic hydroxyl groups is 1. The molecule has 30 heavy (non-hydrogen) atoms. The summed E-state index contributed by atoms with van der Waals surface area (Å²) in [5, 5.41) is 28.9. The van der Waals surface area contributed by atoms with Crippen molar-refractivity contribution in [3.8, 4) is 11.5 Å². The van der Waals surface area contributed by atoms with E-state index in [2.05, 4.69) is 19.6 Å². The Hall–Kier alpha value is -2.27. The molecule has 0 bridgehead atoms. The topological polar surface area (TPSA) is 81.0 Å². The van der Waals surface area contributed by atoms with Gasteiger partial charge in [-0.25, -0.2) is 0 Å². The molecular weight excluding hydrogens is 378 g/mol. The standard InChI is InChI=1S/C23H31NO3.C2H6O/c1-13(2)16-9-8-15(5)11-18(16)21-20(26)12-19(25)17-7-6-10-24(22(17)21)23(27)14(3)4;1-2-3/h11-12,14,16,18,25-26H,1,6-10H2,2-5H3;3H,2H2,1H3. The third kappa shape index (κ3) is 4.89. The molecule has 5 nitrogen and oxygen atoms in total. The number of amides is 1. The van der Waals surface area contributed by atoms with Gasteiger partial charge in [0.25, 0.3) is 0 Å². The summed E-state index contributed by atoms with van der Waals surface area (Å²) >= 11 is 0. The molecule has 2 atom stereocenters. The van der Waals surface area contributed by atoms with Crippen molar-refractivity contribution in [2.75, 3.05) is 18.1 Å². The van der Waals surface area contributed by atoms with E-state index < -0.39 is 0 Å². The molecule has 3 rings (SSSR count). The maximum absolute atomic E-state index is 12.9. The maximum Gasteiger partial charge on any atom is 0.229 e. The van der Waals surface area contributed by atoms with E-state index in [9.17, 15) is 15.0 Å². The van der Waals surface area contributed by atoms with Crippen LogP contribution in [0.5, 0.6) is 11.5 Å². The number of benzene rings is 1. The average molecular weight is 416 g/mol. The van der Waals surface area contributed by atoms with Crippen molar-refractivity contribution in [2.45, 2.75) is 66.2 Å². The fraction of sp³-hybridized carbons (Fsp3) is 0.560. The van der Waals surface area contributed by atoms with Crippen LogP contribution in [0, 0.1) is 11.8 Å². The lowest BCUT2D eigenvalue weighted by atomic mass is 9.72. The minimum Gasteiger partial charge on any atom is -0.507 e.